The number of carbonyl (C=O) groups is 2. The number of hydrogen-bond donors (Lipinski definition) is 2. The minimum absolute atomic E-state index is 0.0265. The van der Waals surface area contributed by atoms with Gasteiger partial charge in [-0.3, -0.25) is 4.79 Å². The van der Waals surface area contributed by atoms with Crippen molar-refractivity contribution in [2.24, 2.45) is 5.92 Å². The van der Waals surface area contributed by atoms with Crippen molar-refractivity contribution in [3.8, 4) is 0 Å². The molecule has 3 rings (SSSR count). The van der Waals surface area contributed by atoms with Crippen molar-refractivity contribution < 1.29 is 9.59 Å². The number of piperidine rings is 1. The molecule has 1 atom stereocenters. The van der Waals surface area contributed by atoms with Gasteiger partial charge in [-0.15, -0.1) is 0 Å². The first-order valence-electron chi connectivity index (χ1n) is 8.30. The second kappa shape index (κ2) is 8.33. The van der Waals surface area contributed by atoms with Gasteiger partial charge in [0.1, 0.15) is 0 Å². The van der Waals surface area contributed by atoms with E-state index in [1.807, 2.05) is 54.6 Å². The normalized spacial score (nSPS) is 17.0. The average Bonchev–Trinajstić information content (AvgIpc) is 2.64. The summed E-state index contributed by atoms with van der Waals surface area (Å²) in [6.45, 7) is 1.11. The summed E-state index contributed by atoms with van der Waals surface area (Å²) >= 11 is 2.20. The monoisotopic (exact) mass is 449 g/mol. The summed E-state index contributed by atoms with van der Waals surface area (Å²) in [5, 5.41) is 5.87. The van der Waals surface area contributed by atoms with E-state index in [4.69, 9.17) is 0 Å². The second-order valence-corrected chi connectivity index (χ2v) is 7.21. The number of benzene rings is 2. The molecular formula is C19H20IN3O2. The van der Waals surface area contributed by atoms with Gasteiger partial charge in [-0.25, -0.2) is 4.79 Å². The van der Waals surface area contributed by atoms with Crippen LogP contribution in [0.1, 0.15) is 12.8 Å². The van der Waals surface area contributed by atoms with E-state index in [0.29, 0.717) is 13.1 Å². The van der Waals surface area contributed by atoms with Crippen LogP contribution in [0.3, 0.4) is 0 Å². The summed E-state index contributed by atoms with van der Waals surface area (Å²) in [7, 11) is 0. The smallest absolute Gasteiger partial charge is 0.321 e. The van der Waals surface area contributed by atoms with E-state index in [1.165, 1.54) is 0 Å². The zero-order valence-corrected chi connectivity index (χ0v) is 15.9. The van der Waals surface area contributed by atoms with Gasteiger partial charge in [0.15, 0.2) is 0 Å². The molecule has 2 N–H and O–H groups in total. The largest absolute Gasteiger partial charge is 0.325 e. The Balaban J connectivity index is 1.59. The van der Waals surface area contributed by atoms with Gasteiger partial charge < -0.3 is 15.5 Å². The lowest BCUT2D eigenvalue weighted by molar-refractivity contribution is -0.121. The number of carbonyl (C=O) groups excluding carboxylic acids is 2. The van der Waals surface area contributed by atoms with Crippen molar-refractivity contribution in [2.75, 3.05) is 23.7 Å². The topological polar surface area (TPSA) is 61.4 Å². The van der Waals surface area contributed by atoms with Crippen LogP contribution in [0.5, 0.6) is 0 Å². The van der Waals surface area contributed by atoms with Gasteiger partial charge in [-0.2, -0.15) is 0 Å². The number of nitrogens with zero attached hydrogens (tertiary/aromatic N) is 1. The lowest BCUT2D eigenvalue weighted by Crippen LogP contribution is -2.45. The van der Waals surface area contributed by atoms with Crippen LogP contribution in [0.4, 0.5) is 16.2 Å². The summed E-state index contributed by atoms with van der Waals surface area (Å²) < 4.78 is 1.00. The number of hydrogen-bond acceptors (Lipinski definition) is 2. The molecule has 0 bridgehead atoms. The Hall–Kier alpha value is -2.09. The fourth-order valence-corrected chi connectivity index (χ4v) is 3.42. The number of amides is 3. The van der Waals surface area contributed by atoms with Crippen LogP contribution in [0, 0.1) is 9.49 Å². The lowest BCUT2D eigenvalue weighted by atomic mass is 9.97. The van der Waals surface area contributed by atoms with Gasteiger partial charge in [-0.05, 0) is 59.7 Å². The molecule has 0 saturated carbocycles. The minimum Gasteiger partial charge on any atom is -0.325 e. The maximum Gasteiger partial charge on any atom is 0.321 e. The first kappa shape index (κ1) is 17.7. The number of halogens is 1. The van der Waals surface area contributed by atoms with Crippen LogP contribution in [-0.4, -0.2) is 29.9 Å². The molecule has 2 aromatic rings. The van der Waals surface area contributed by atoms with Crippen molar-refractivity contribution >= 4 is 45.9 Å². The molecule has 1 fully saturated rings. The van der Waals surface area contributed by atoms with Gasteiger partial charge in [0, 0.05) is 22.3 Å². The summed E-state index contributed by atoms with van der Waals surface area (Å²) in [4.78, 5) is 26.7. The zero-order chi connectivity index (χ0) is 17.6. The molecule has 1 saturated heterocycles. The Morgan fingerprint density at radius 3 is 2.48 bits per heavy atom. The lowest BCUT2D eigenvalue weighted by Gasteiger charge is -2.32. The Labute approximate surface area is 160 Å². The maximum absolute atomic E-state index is 12.6. The summed E-state index contributed by atoms with van der Waals surface area (Å²) in [5.41, 5.74) is 1.58. The predicted octanol–water partition coefficient (Wildman–Crippen LogP) is 4.17. The molecular weight excluding hydrogens is 429 g/mol. The van der Waals surface area contributed by atoms with Crippen LogP contribution in [-0.2, 0) is 4.79 Å². The molecule has 2 aromatic carbocycles. The Bertz CT molecular complexity index is 751. The standard InChI is InChI=1S/C19H20IN3O2/c20-16-10-4-5-11-17(16)22-18(24)14-7-6-12-23(13-14)19(25)21-15-8-2-1-3-9-15/h1-5,8-11,14H,6-7,12-13H2,(H,21,25)(H,22,24)/t14-/m1/s1. The van der Waals surface area contributed by atoms with E-state index in [2.05, 4.69) is 33.2 Å². The first-order chi connectivity index (χ1) is 12.1. The van der Waals surface area contributed by atoms with E-state index in [9.17, 15) is 9.59 Å². The molecule has 0 aliphatic carbocycles. The molecule has 0 aromatic heterocycles. The second-order valence-electron chi connectivity index (χ2n) is 6.05. The van der Waals surface area contributed by atoms with E-state index in [-0.39, 0.29) is 17.9 Å². The molecule has 1 aliphatic rings. The number of urea groups is 1. The van der Waals surface area contributed by atoms with E-state index in [0.717, 1.165) is 27.8 Å². The van der Waals surface area contributed by atoms with Crippen LogP contribution < -0.4 is 10.6 Å². The van der Waals surface area contributed by atoms with Crippen molar-refractivity contribution in [2.45, 2.75) is 12.8 Å². The quantitative estimate of drug-likeness (QED) is 0.692. The minimum atomic E-state index is -0.189. The molecule has 0 radical (unpaired) electrons. The van der Waals surface area contributed by atoms with Crippen LogP contribution >= 0.6 is 22.6 Å². The Morgan fingerprint density at radius 2 is 1.72 bits per heavy atom. The van der Waals surface area contributed by atoms with E-state index in [1.54, 1.807) is 4.90 Å². The predicted molar refractivity (Wildman–Crippen MR) is 108 cm³/mol. The Kier molecular flexibility index (Phi) is 5.91. The molecule has 0 spiro atoms. The van der Waals surface area contributed by atoms with E-state index >= 15 is 0 Å². The van der Waals surface area contributed by atoms with E-state index < -0.39 is 0 Å². The van der Waals surface area contributed by atoms with Crippen molar-refractivity contribution in [1.29, 1.82) is 0 Å². The SMILES string of the molecule is O=C(Nc1ccccc1I)[C@@H]1CCCN(C(=O)Nc2ccccc2)C1. The molecule has 3 amide bonds. The summed E-state index contributed by atoms with van der Waals surface area (Å²) in [6.07, 6.45) is 1.62. The van der Waals surface area contributed by atoms with Crippen LogP contribution in [0.25, 0.3) is 0 Å². The van der Waals surface area contributed by atoms with Crippen molar-refractivity contribution in [3.63, 3.8) is 0 Å². The molecule has 1 heterocycles. The maximum atomic E-state index is 12.6. The van der Waals surface area contributed by atoms with Gasteiger partial charge in [0.2, 0.25) is 5.91 Å². The average molecular weight is 449 g/mol. The number of anilines is 2. The van der Waals surface area contributed by atoms with Gasteiger partial charge in [0.05, 0.1) is 11.6 Å². The third-order valence-corrected chi connectivity index (χ3v) is 5.18. The van der Waals surface area contributed by atoms with Crippen molar-refractivity contribution in [3.05, 3.63) is 58.2 Å². The molecule has 25 heavy (non-hydrogen) atoms. The molecule has 0 unspecified atom stereocenters. The third-order valence-electron chi connectivity index (χ3n) is 4.24. The third kappa shape index (κ3) is 4.72. The number of rotatable bonds is 3. The summed E-state index contributed by atoms with van der Waals surface area (Å²) in [6, 6.07) is 16.9. The zero-order valence-electron chi connectivity index (χ0n) is 13.7. The molecule has 5 nitrogen and oxygen atoms in total. The van der Waals surface area contributed by atoms with Gasteiger partial charge in [-0.1, -0.05) is 30.3 Å². The number of para-hydroxylation sites is 2. The fraction of sp³-hybridized carbons (Fsp3) is 0.263. The number of likely N-dealkylation sites (tertiary alicyclic amines) is 1. The highest BCUT2D eigenvalue weighted by molar-refractivity contribution is 14.1. The van der Waals surface area contributed by atoms with Crippen LogP contribution in [0.2, 0.25) is 0 Å². The summed E-state index contributed by atoms with van der Waals surface area (Å²) in [5.74, 6) is -0.215. The molecule has 1 aliphatic heterocycles. The highest BCUT2D eigenvalue weighted by Gasteiger charge is 2.28. The van der Waals surface area contributed by atoms with Crippen molar-refractivity contribution in [1.82, 2.24) is 4.90 Å². The number of nitrogens with one attached hydrogen (secondary N) is 2. The fourth-order valence-electron chi connectivity index (χ4n) is 2.90. The van der Waals surface area contributed by atoms with Gasteiger partial charge in [0.25, 0.3) is 0 Å². The highest BCUT2D eigenvalue weighted by Crippen LogP contribution is 2.22. The molecule has 6 heteroatoms. The first-order valence-corrected chi connectivity index (χ1v) is 9.38. The highest BCUT2D eigenvalue weighted by atomic mass is 127. The Morgan fingerprint density at radius 1 is 1.00 bits per heavy atom. The van der Waals surface area contributed by atoms with Gasteiger partial charge >= 0.3 is 6.03 Å². The van der Waals surface area contributed by atoms with Crippen LogP contribution in [0.15, 0.2) is 54.6 Å². The molecule has 130 valence electrons.